The molecule has 0 aliphatic heterocycles. The maximum Gasteiger partial charge on any atom is 0.243 e. The molecule has 0 bridgehead atoms. The minimum Gasteiger partial charge on any atom is -0.355 e. The minimum atomic E-state index is -3.78. The van der Waals surface area contributed by atoms with E-state index in [1.54, 1.807) is 24.3 Å². The van der Waals surface area contributed by atoms with E-state index in [0.29, 0.717) is 12.5 Å². The summed E-state index contributed by atoms with van der Waals surface area (Å²) in [4.78, 5) is 12.5. The molecule has 26 heavy (non-hydrogen) atoms. The predicted octanol–water partition coefficient (Wildman–Crippen LogP) is 2.96. The number of amides is 1. The van der Waals surface area contributed by atoms with Crippen molar-refractivity contribution in [2.75, 3.05) is 13.1 Å². The lowest BCUT2D eigenvalue weighted by atomic mass is 10.2. The van der Waals surface area contributed by atoms with Gasteiger partial charge in [0.15, 0.2) is 0 Å². The molecule has 0 heterocycles. The van der Waals surface area contributed by atoms with Crippen molar-refractivity contribution < 1.29 is 13.2 Å². The Kier molecular flexibility index (Phi) is 6.94. The molecule has 6 heteroatoms. The Hall–Kier alpha value is -2.18. The SMILES string of the molecule is Cc1ccc(S(=O)(=O)N(CC(=O)NCC(C)C)Cc2ccccc2)cc1. The fourth-order valence-electron chi connectivity index (χ4n) is 2.41. The molecule has 0 unspecified atom stereocenters. The van der Waals surface area contributed by atoms with E-state index in [1.807, 2.05) is 51.1 Å². The molecule has 0 aromatic heterocycles. The second-order valence-electron chi connectivity index (χ2n) is 6.77. The van der Waals surface area contributed by atoms with Crippen molar-refractivity contribution in [2.45, 2.75) is 32.2 Å². The van der Waals surface area contributed by atoms with Gasteiger partial charge in [-0.15, -0.1) is 0 Å². The smallest absolute Gasteiger partial charge is 0.243 e. The van der Waals surface area contributed by atoms with Crippen molar-refractivity contribution in [3.8, 4) is 0 Å². The summed E-state index contributed by atoms with van der Waals surface area (Å²) in [6, 6.07) is 15.9. The van der Waals surface area contributed by atoms with Crippen molar-refractivity contribution in [3.05, 3.63) is 65.7 Å². The van der Waals surface area contributed by atoms with Crippen LogP contribution in [-0.4, -0.2) is 31.7 Å². The van der Waals surface area contributed by atoms with E-state index in [9.17, 15) is 13.2 Å². The van der Waals surface area contributed by atoms with Crippen LogP contribution in [0.5, 0.6) is 0 Å². The fraction of sp³-hybridized carbons (Fsp3) is 0.350. The van der Waals surface area contributed by atoms with Crippen molar-refractivity contribution in [2.24, 2.45) is 5.92 Å². The molecular formula is C20H26N2O3S. The van der Waals surface area contributed by atoms with Crippen LogP contribution in [0.15, 0.2) is 59.5 Å². The molecule has 1 amide bonds. The molecular weight excluding hydrogens is 348 g/mol. The Morgan fingerprint density at radius 2 is 1.65 bits per heavy atom. The van der Waals surface area contributed by atoms with E-state index in [0.717, 1.165) is 11.1 Å². The van der Waals surface area contributed by atoms with Gasteiger partial charge in [-0.1, -0.05) is 61.9 Å². The lowest BCUT2D eigenvalue weighted by molar-refractivity contribution is -0.121. The van der Waals surface area contributed by atoms with Gasteiger partial charge >= 0.3 is 0 Å². The highest BCUT2D eigenvalue weighted by atomic mass is 32.2. The van der Waals surface area contributed by atoms with Gasteiger partial charge in [0.1, 0.15) is 0 Å². The summed E-state index contributed by atoms with van der Waals surface area (Å²) < 4.78 is 27.4. The van der Waals surface area contributed by atoms with Crippen LogP contribution < -0.4 is 5.32 Å². The molecule has 0 aliphatic carbocycles. The quantitative estimate of drug-likeness (QED) is 0.772. The van der Waals surface area contributed by atoms with Crippen LogP contribution in [-0.2, 0) is 21.4 Å². The maximum atomic E-state index is 13.1. The van der Waals surface area contributed by atoms with Gasteiger partial charge in [-0.2, -0.15) is 4.31 Å². The van der Waals surface area contributed by atoms with Crippen LogP contribution in [0.4, 0.5) is 0 Å². The summed E-state index contributed by atoms with van der Waals surface area (Å²) in [5.41, 5.74) is 1.81. The Labute approximate surface area is 156 Å². The van der Waals surface area contributed by atoms with Crippen molar-refractivity contribution in [3.63, 3.8) is 0 Å². The molecule has 2 rings (SSSR count). The standard InChI is InChI=1S/C20H26N2O3S/c1-16(2)13-21-20(23)15-22(14-18-7-5-4-6-8-18)26(24,25)19-11-9-17(3)10-12-19/h4-12,16H,13-15H2,1-3H3,(H,21,23). The molecule has 0 spiro atoms. The van der Waals surface area contributed by atoms with Crippen molar-refractivity contribution in [1.29, 1.82) is 0 Å². The Morgan fingerprint density at radius 1 is 1.04 bits per heavy atom. The lowest BCUT2D eigenvalue weighted by Crippen LogP contribution is -2.41. The van der Waals surface area contributed by atoms with Gasteiger partial charge in [0.2, 0.25) is 15.9 Å². The molecule has 0 saturated carbocycles. The van der Waals surface area contributed by atoms with E-state index < -0.39 is 10.0 Å². The molecule has 0 fully saturated rings. The largest absolute Gasteiger partial charge is 0.355 e. The highest BCUT2D eigenvalue weighted by molar-refractivity contribution is 7.89. The van der Waals surface area contributed by atoms with Crippen LogP contribution in [0.25, 0.3) is 0 Å². The predicted molar refractivity (Wildman–Crippen MR) is 103 cm³/mol. The van der Waals surface area contributed by atoms with E-state index in [4.69, 9.17) is 0 Å². The number of aryl methyl sites for hydroxylation is 1. The summed E-state index contributed by atoms with van der Waals surface area (Å²) in [5.74, 6) is 0.000506. The van der Waals surface area contributed by atoms with Crippen molar-refractivity contribution >= 4 is 15.9 Å². The zero-order chi connectivity index (χ0) is 19.2. The number of carbonyl (C=O) groups is 1. The summed E-state index contributed by atoms with van der Waals surface area (Å²) in [7, 11) is -3.78. The van der Waals surface area contributed by atoms with Crippen LogP contribution in [0.3, 0.4) is 0 Å². The first-order chi connectivity index (χ1) is 12.3. The normalized spacial score (nSPS) is 11.7. The molecule has 5 nitrogen and oxygen atoms in total. The number of nitrogens with one attached hydrogen (secondary N) is 1. The number of rotatable bonds is 8. The third-order valence-corrected chi connectivity index (χ3v) is 5.69. The summed E-state index contributed by atoms with van der Waals surface area (Å²) >= 11 is 0. The average molecular weight is 375 g/mol. The molecule has 0 aliphatic rings. The van der Waals surface area contributed by atoms with Crippen LogP contribution in [0.2, 0.25) is 0 Å². The second kappa shape index (κ2) is 8.96. The summed E-state index contributed by atoms with van der Waals surface area (Å²) in [5, 5.41) is 2.79. The van der Waals surface area contributed by atoms with Gasteiger partial charge in [0.25, 0.3) is 0 Å². The zero-order valence-electron chi connectivity index (χ0n) is 15.5. The third kappa shape index (κ3) is 5.68. The molecule has 2 aromatic rings. The average Bonchev–Trinajstić information content (AvgIpc) is 2.60. The first kappa shape index (κ1) is 20.1. The Balaban J connectivity index is 2.26. The fourth-order valence-corrected chi connectivity index (χ4v) is 3.79. The highest BCUT2D eigenvalue weighted by Crippen LogP contribution is 2.19. The Bertz CT molecular complexity index is 816. The van der Waals surface area contributed by atoms with Gasteiger partial charge in [-0.25, -0.2) is 8.42 Å². The molecule has 0 saturated heterocycles. The maximum absolute atomic E-state index is 13.1. The number of hydrogen-bond donors (Lipinski definition) is 1. The van der Waals surface area contributed by atoms with Gasteiger partial charge in [0, 0.05) is 13.1 Å². The number of hydrogen-bond acceptors (Lipinski definition) is 3. The molecule has 1 N–H and O–H groups in total. The first-order valence-corrected chi connectivity index (χ1v) is 10.1. The first-order valence-electron chi connectivity index (χ1n) is 8.66. The number of benzene rings is 2. The summed E-state index contributed by atoms with van der Waals surface area (Å²) in [6.45, 7) is 6.33. The Morgan fingerprint density at radius 3 is 2.23 bits per heavy atom. The van der Waals surface area contributed by atoms with E-state index in [1.165, 1.54) is 4.31 Å². The number of sulfonamides is 1. The van der Waals surface area contributed by atoms with Crippen molar-refractivity contribution in [1.82, 2.24) is 9.62 Å². The number of nitrogens with zero attached hydrogens (tertiary/aromatic N) is 1. The highest BCUT2D eigenvalue weighted by Gasteiger charge is 2.26. The molecule has 140 valence electrons. The lowest BCUT2D eigenvalue weighted by Gasteiger charge is -2.22. The van der Waals surface area contributed by atoms with Gasteiger partial charge < -0.3 is 5.32 Å². The summed E-state index contributed by atoms with van der Waals surface area (Å²) in [6.07, 6.45) is 0. The molecule has 2 aromatic carbocycles. The minimum absolute atomic E-state index is 0.145. The third-order valence-electron chi connectivity index (χ3n) is 3.89. The van der Waals surface area contributed by atoms with Gasteiger partial charge in [-0.3, -0.25) is 4.79 Å². The van der Waals surface area contributed by atoms with Crippen LogP contribution in [0.1, 0.15) is 25.0 Å². The van der Waals surface area contributed by atoms with Gasteiger partial charge in [-0.05, 0) is 30.5 Å². The molecule has 0 atom stereocenters. The zero-order valence-corrected chi connectivity index (χ0v) is 16.3. The van der Waals surface area contributed by atoms with Gasteiger partial charge in [0.05, 0.1) is 11.4 Å². The topological polar surface area (TPSA) is 66.5 Å². The monoisotopic (exact) mass is 374 g/mol. The van der Waals surface area contributed by atoms with E-state index >= 15 is 0 Å². The van der Waals surface area contributed by atoms with Crippen LogP contribution >= 0.6 is 0 Å². The number of carbonyl (C=O) groups excluding carboxylic acids is 1. The van der Waals surface area contributed by atoms with Crippen LogP contribution in [0, 0.1) is 12.8 Å². The van der Waals surface area contributed by atoms with E-state index in [-0.39, 0.29) is 23.9 Å². The molecule has 0 radical (unpaired) electrons. The van der Waals surface area contributed by atoms with E-state index in [2.05, 4.69) is 5.32 Å². The second-order valence-corrected chi connectivity index (χ2v) is 8.71.